The summed E-state index contributed by atoms with van der Waals surface area (Å²) in [6.07, 6.45) is 0.769. The molecular weight excluding hydrogens is 396 g/mol. The van der Waals surface area contributed by atoms with Gasteiger partial charge in [-0.05, 0) is 54.8 Å². The van der Waals surface area contributed by atoms with Gasteiger partial charge in [0.1, 0.15) is 0 Å². The fraction of sp³-hybridized carbons (Fsp3) is 0.208. The van der Waals surface area contributed by atoms with Crippen LogP contribution in [0.1, 0.15) is 40.9 Å². The van der Waals surface area contributed by atoms with E-state index >= 15 is 0 Å². The van der Waals surface area contributed by atoms with E-state index in [2.05, 4.69) is 5.32 Å². The predicted octanol–water partition coefficient (Wildman–Crippen LogP) is 4.70. The number of carbonyl (C=O) groups excluding carboxylic acids is 1. The van der Waals surface area contributed by atoms with E-state index in [1.54, 1.807) is 55.5 Å². The summed E-state index contributed by atoms with van der Waals surface area (Å²) < 4.78 is 27.0. The average molecular weight is 423 g/mol. The molecular formula is C24H26N2O3S. The third kappa shape index (κ3) is 4.54. The van der Waals surface area contributed by atoms with Crippen LogP contribution < -0.4 is 9.62 Å². The molecule has 0 unspecified atom stereocenters. The number of sulfonamides is 1. The van der Waals surface area contributed by atoms with Crippen LogP contribution in [0.3, 0.4) is 0 Å². The lowest BCUT2D eigenvalue weighted by Gasteiger charge is -2.22. The molecule has 156 valence electrons. The molecule has 3 aromatic rings. The Kier molecular flexibility index (Phi) is 6.57. The first-order valence-electron chi connectivity index (χ1n) is 9.85. The maximum Gasteiger partial charge on any atom is 0.264 e. The molecule has 0 fully saturated rings. The molecule has 1 N–H and O–H groups in total. The number of anilines is 1. The molecule has 0 spiro atoms. The van der Waals surface area contributed by atoms with Crippen LogP contribution in [0.2, 0.25) is 0 Å². The Morgan fingerprint density at radius 1 is 0.967 bits per heavy atom. The molecule has 6 heteroatoms. The zero-order chi connectivity index (χ0) is 21.7. The Balaban J connectivity index is 1.82. The van der Waals surface area contributed by atoms with Gasteiger partial charge in [0.25, 0.3) is 15.9 Å². The zero-order valence-corrected chi connectivity index (χ0v) is 18.2. The molecule has 3 rings (SSSR count). The van der Waals surface area contributed by atoms with E-state index in [0.717, 1.165) is 12.0 Å². The van der Waals surface area contributed by atoms with Crippen LogP contribution in [0.5, 0.6) is 0 Å². The van der Waals surface area contributed by atoms with Crippen molar-refractivity contribution in [1.29, 1.82) is 0 Å². The Labute approximate surface area is 178 Å². The largest absolute Gasteiger partial charge is 0.345 e. The summed E-state index contributed by atoms with van der Waals surface area (Å²) in [5, 5.41) is 3.06. The minimum Gasteiger partial charge on any atom is -0.345 e. The first-order valence-corrected chi connectivity index (χ1v) is 11.3. The minimum atomic E-state index is -3.67. The SMILES string of the molecule is CC[C@@H](NC(=O)c1ccc(N(C)S(=O)(=O)c2ccccc2)c(C)c1)c1ccccc1. The summed E-state index contributed by atoms with van der Waals surface area (Å²) in [5.41, 5.74) is 2.79. The molecule has 0 aromatic heterocycles. The highest BCUT2D eigenvalue weighted by atomic mass is 32.2. The number of rotatable bonds is 7. The van der Waals surface area contributed by atoms with Crippen LogP contribution in [-0.4, -0.2) is 21.4 Å². The van der Waals surface area contributed by atoms with Crippen LogP contribution >= 0.6 is 0 Å². The van der Waals surface area contributed by atoms with Gasteiger partial charge in [-0.15, -0.1) is 0 Å². The molecule has 30 heavy (non-hydrogen) atoms. The number of amides is 1. The highest BCUT2D eigenvalue weighted by Crippen LogP contribution is 2.26. The predicted molar refractivity (Wildman–Crippen MR) is 120 cm³/mol. The number of benzene rings is 3. The van der Waals surface area contributed by atoms with Crippen LogP contribution in [0.25, 0.3) is 0 Å². The molecule has 0 aliphatic rings. The second-order valence-electron chi connectivity index (χ2n) is 7.13. The molecule has 1 amide bonds. The van der Waals surface area contributed by atoms with Gasteiger partial charge in [-0.3, -0.25) is 9.10 Å². The van der Waals surface area contributed by atoms with Crippen molar-refractivity contribution in [2.24, 2.45) is 0 Å². The number of carbonyl (C=O) groups is 1. The lowest BCUT2D eigenvalue weighted by Crippen LogP contribution is -2.29. The average Bonchev–Trinajstić information content (AvgIpc) is 2.78. The van der Waals surface area contributed by atoms with E-state index in [4.69, 9.17) is 0 Å². The molecule has 1 atom stereocenters. The van der Waals surface area contributed by atoms with Crippen molar-refractivity contribution in [2.45, 2.75) is 31.2 Å². The first-order chi connectivity index (χ1) is 14.3. The molecule has 3 aromatic carbocycles. The van der Waals surface area contributed by atoms with Gasteiger partial charge in [-0.1, -0.05) is 55.5 Å². The smallest absolute Gasteiger partial charge is 0.264 e. The quantitative estimate of drug-likeness (QED) is 0.600. The zero-order valence-electron chi connectivity index (χ0n) is 17.4. The van der Waals surface area contributed by atoms with Gasteiger partial charge in [0.2, 0.25) is 0 Å². The number of nitrogens with zero attached hydrogens (tertiary/aromatic N) is 1. The van der Waals surface area contributed by atoms with Crippen molar-refractivity contribution < 1.29 is 13.2 Å². The minimum absolute atomic E-state index is 0.0835. The second kappa shape index (κ2) is 9.13. The normalized spacial score (nSPS) is 12.2. The van der Waals surface area contributed by atoms with E-state index in [-0.39, 0.29) is 16.8 Å². The van der Waals surface area contributed by atoms with Crippen LogP contribution in [0, 0.1) is 6.92 Å². The highest BCUT2D eigenvalue weighted by molar-refractivity contribution is 7.92. The lowest BCUT2D eigenvalue weighted by atomic mass is 10.0. The van der Waals surface area contributed by atoms with Gasteiger partial charge in [0, 0.05) is 12.6 Å². The number of aryl methyl sites for hydroxylation is 1. The standard InChI is InChI=1S/C24H26N2O3S/c1-4-22(19-11-7-5-8-12-19)25-24(27)20-15-16-23(18(2)17-20)26(3)30(28,29)21-13-9-6-10-14-21/h5-17,22H,4H2,1-3H3,(H,25,27)/t22-/m1/s1. The second-order valence-corrected chi connectivity index (χ2v) is 9.10. The van der Waals surface area contributed by atoms with Crippen molar-refractivity contribution in [1.82, 2.24) is 5.32 Å². The van der Waals surface area contributed by atoms with Crippen LogP contribution in [-0.2, 0) is 10.0 Å². The summed E-state index contributed by atoms with van der Waals surface area (Å²) in [6, 6.07) is 23.1. The van der Waals surface area contributed by atoms with E-state index in [0.29, 0.717) is 16.8 Å². The molecule has 0 aliphatic heterocycles. The van der Waals surface area contributed by atoms with Crippen molar-refractivity contribution in [2.75, 3.05) is 11.4 Å². The van der Waals surface area contributed by atoms with E-state index < -0.39 is 10.0 Å². The van der Waals surface area contributed by atoms with E-state index in [1.807, 2.05) is 37.3 Å². The third-order valence-corrected chi connectivity index (χ3v) is 6.90. The summed E-state index contributed by atoms with van der Waals surface area (Å²) >= 11 is 0. The van der Waals surface area contributed by atoms with E-state index in [1.165, 1.54) is 11.4 Å². The molecule has 0 bridgehead atoms. The lowest BCUT2D eigenvalue weighted by molar-refractivity contribution is 0.0935. The number of nitrogens with one attached hydrogen (secondary N) is 1. The summed E-state index contributed by atoms with van der Waals surface area (Å²) in [7, 11) is -2.15. The number of hydrogen-bond acceptors (Lipinski definition) is 3. The van der Waals surface area contributed by atoms with Crippen LogP contribution in [0.4, 0.5) is 5.69 Å². The van der Waals surface area contributed by atoms with E-state index in [9.17, 15) is 13.2 Å². The first kappa shape index (κ1) is 21.6. The summed E-state index contributed by atoms with van der Waals surface area (Å²) in [6.45, 7) is 3.83. The fourth-order valence-corrected chi connectivity index (χ4v) is 4.66. The molecule has 0 saturated carbocycles. The van der Waals surface area contributed by atoms with Crippen molar-refractivity contribution in [3.05, 3.63) is 95.6 Å². The molecule has 0 aliphatic carbocycles. The van der Waals surface area contributed by atoms with Crippen LogP contribution in [0.15, 0.2) is 83.8 Å². The molecule has 5 nitrogen and oxygen atoms in total. The summed E-state index contributed by atoms with van der Waals surface area (Å²) in [4.78, 5) is 13.0. The van der Waals surface area contributed by atoms with Gasteiger partial charge in [-0.25, -0.2) is 8.42 Å². The Hall–Kier alpha value is -3.12. The monoisotopic (exact) mass is 422 g/mol. The van der Waals surface area contributed by atoms with Crippen molar-refractivity contribution >= 4 is 21.6 Å². The Bertz CT molecular complexity index is 1110. The van der Waals surface area contributed by atoms with Gasteiger partial charge in [0.15, 0.2) is 0 Å². The van der Waals surface area contributed by atoms with Gasteiger partial charge >= 0.3 is 0 Å². The maximum absolute atomic E-state index is 12.9. The Morgan fingerprint density at radius 3 is 2.13 bits per heavy atom. The molecule has 0 saturated heterocycles. The molecule has 0 radical (unpaired) electrons. The van der Waals surface area contributed by atoms with Gasteiger partial charge in [-0.2, -0.15) is 0 Å². The highest BCUT2D eigenvalue weighted by Gasteiger charge is 2.23. The van der Waals surface area contributed by atoms with Crippen molar-refractivity contribution in [3.8, 4) is 0 Å². The topological polar surface area (TPSA) is 66.5 Å². The number of hydrogen-bond donors (Lipinski definition) is 1. The summed E-state index contributed by atoms with van der Waals surface area (Å²) in [5.74, 6) is -0.186. The van der Waals surface area contributed by atoms with Gasteiger partial charge in [0.05, 0.1) is 16.6 Å². The maximum atomic E-state index is 12.9. The third-order valence-electron chi connectivity index (χ3n) is 5.12. The molecule has 0 heterocycles. The van der Waals surface area contributed by atoms with Gasteiger partial charge < -0.3 is 5.32 Å². The van der Waals surface area contributed by atoms with Crippen molar-refractivity contribution in [3.63, 3.8) is 0 Å². The fourth-order valence-electron chi connectivity index (χ4n) is 3.38. The Morgan fingerprint density at radius 2 is 1.57 bits per heavy atom.